The van der Waals surface area contributed by atoms with E-state index in [-0.39, 0.29) is 18.2 Å². The number of imide groups is 1. The highest BCUT2D eigenvalue weighted by atomic mass is 35.5. The van der Waals surface area contributed by atoms with Gasteiger partial charge < -0.3 is 10.1 Å². The molecule has 0 unspecified atom stereocenters. The number of methoxy groups -OCH3 is 1. The monoisotopic (exact) mass is 479 g/mol. The van der Waals surface area contributed by atoms with Gasteiger partial charge in [0, 0.05) is 17.1 Å². The molecule has 168 valence electrons. The van der Waals surface area contributed by atoms with Crippen LogP contribution in [-0.2, 0) is 16.1 Å². The van der Waals surface area contributed by atoms with Gasteiger partial charge in [0.25, 0.3) is 0 Å². The molecule has 1 aliphatic heterocycles. The van der Waals surface area contributed by atoms with E-state index >= 15 is 0 Å². The Hall–Kier alpha value is -3.29. The predicted molar refractivity (Wildman–Crippen MR) is 134 cm³/mol. The number of para-hydroxylation sites is 1. The minimum atomic E-state index is -0.570. The second-order valence-corrected chi connectivity index (χ2v) is 8.94. The van der Waals surface area contributed by atoms with Gasteiger partial charge >= 0.3 is 0 Å². The Bertz CT molecular complexity index is 1150. The van der Waals surface area contributed by atoms with Gasteiger partial charge in [0.15, 0.2) is 5.17 Å². The summed E-state index contributed by atoms with van der Waals surface area (Å²) < 4.78 is 5.20. The largest absolute Gasteiger partial charge is 0.497 e. The number of rotatable bonds is 6. The number of thioether (sulfide) groups is 1. The molecule has 3 aromatic carbocycles. The van der Waals surface area contributed by atoms with Crippen LogP contribution in [0.5, 0.6) is 5.75 Å². The maximum atomic E-state index is 13.1. The zero-order valence-electron chi connectivity index (χ0n) is 17.9. The van der Waals surface area contributed by atoms with Crippen molar-refractivity contribution in [3.05, 3.63) is 89.4 Å². The molecule has 6 nitrogen and oxygen atoms in total. The Morgan fingerprint density at radius 2 is 1.76 bits per heavy atom. The van der Waals surface area contributed by atoms with Gasteiger partial charge in [-0.15, -0.1) is 0 Å². The third-order valence-electron chi connectivity index (χ3n) is 5.03. The standard InChI is InChI=1S/C25H22ClN3O3S/c1-32-21-13-7-17(8-14-21)16-27-25(28-19-5-3-2-4-6-19)33-22-15-23(30)29(24(22)31)20-11-9-18(26)10-12-20/h2-14,22H,15-16H2,1H3,(H,27,28)/t22-/m1/s1. The molecule has 0 spiro atoms. The van der Waals surface area contributed by atoms with Gasteiger partial charge in [0.05, 0.1) is 19.3 Å². The summed E-state index contributed by atoms with van der Waals surface area (Å²) in [7, 11) is 1.62. The van der Waals surface area contributed by atoms with Crippen LogP contribution in [0, 0.1) is 0 Å². The van der Waals surface area contributed by atoms with Crippen molar-refractivity contribution in [2.24, 2.45) is 4.99 Å². The van der Waals surface area contributed by atoms with Gasteiger partial charge in [-0.05, 0) is 54.1 Å². The number of hydrogen-bond acceptors (Lipinski definition) is 5. The van der Waals surface area contributed by atoms with Crippen LogP contribution < -0.4 is 15.0 Å². The van der Waals surface area contributed by atoms with Crippen LogP contribution in [-0.4, -0.2) is 29.3 Å². The van der Waals surface area contributed by atoms with E-state index < -0.39 is 5.25 Å². The normalized spacial score (nSPS) is 16.2. The number of carbonyl (C=O) groups excluding carboxylic acids is 2. The number of nitrogens with zero attached hydrogens (tertiary/aromatic N) is 2. The number of benzene rings is 3. The summed E-state index contributed by atoms with van der Waals surface area (Å²) in [4.78, 5) is 31.7. The second-order valence-electron chi connectivity index (χ2n) is 7.31. The number of ether oxygens (including phenoxy) is 1. The van der Waals surface area contributed by atoms with Crippen LogP contribution in [0.15, 0.2) is 83.9 Å². The van der Waals surface area contributed by atoms with Crippen molar-refractivity contribution < 1.29 is 14.3 Å². The fraction of sp³-hybridized carbons (Fsp3) is 0.160. The lowest BCUT2D eigenvalue weighted by atomic mass is 10.2. The first kappa shape index (κ1) is 22.9. The van der Waals surface area contributed by atoms with Crippen molar-refractivity contribution in [3.8, 4) is 5.75 Å². The van der Waals surface area contributed by atoms with E-state index in [4.69, 9.17) is 21.3 Å². The lowest BCUT2D eigenvalue weighted by molar-refractivity contribution is -0.121. The van der Waals surface area contributed by atoms with Gasteiger partial charge in [-0.2, -0.15) is 0 Å². The molecule has 0 saturated carbocycles. The number of aliphatic imine (C=N–C) groups is 1. The minimum Gasteiger partial charge on any atom is -0.497 e. The maximum Gasteiger partial charge on any atom is 0.247 e. The molecule has 4 rings (SSSR count). The highest BCUT2D eigenvalue weighted by Crippen LogP contribution is 2.31. The molecule has 33 heavy (non-hydrogen) atoms. The molecule has 1 N–H and O–H groups in total. The van der Waals surface area contributed by atoms with E-state index in [2.05, 4.69) is 5.32 Å². The summed E-state index contributed by atoms with van der Waals surface area (Å²) in [5.74, 6) is 0.269. The van der Waals surface area contributed by atoms with Crippen LogP contribution >= 0.6 is 23.4 Å². The molecule has 0 radical (unpaired) electrons. The van der Waals surface area contributed by atoms with Crippen LogP contribution in [0.3, 0.4) is 0 Å². The van der Waals surface area contributed by atoms with Crippen molar-refractivity contribution in [3.63, 3.8) is 0 Å². The fourth-order valence-electron chi connectivity index (χ4n) is 3.34. The highest BCUT2D eigenvalue weighted by Gasteiger charge is 2.40. The lowest BCUT2D eigenvalue weighted by Gasteiger charge is -2.16. The van der Waals surface area contributed by atoms with Crippen LogP contribution in [0.25, 0.3) is 0 Å². The number of amidine groups is 1. The van der Waals surface area contributed by atoms with Gasteiger partial charge in [-0.25, -0.2) is 4.90 Å². The van der Waals surface area contributed by atoms with Gasteiger partial charge in [0.1, 0.15) is 11.0 Å². The highest BCUT2D eigenvalue weighted by molar-refractivity contribution is 8.15. The maximum absolute atomic E-state index is 13.1. The molecule has 1 fully saturated rings. The Labute approximate surface area is 201 Å². The lowest BCUT2D eigenvalue weighted by Crippen LogP contribution is -2.31. The molecule has 0 aliphatic carbocycles. The summed E-state index contributed by atoms with van der Waals surface area (Å²) >= 11 is 7.21. The topological polar surface area (TPSA) is 71.0 Å². The average Bonchev–Trinajstić information content (AvgIpc) is 3.11. The Kier molecular flexibility index (Phi) is 7.32. The zero-order chi connectivity index (χ0) is 23.2. The van der Waals surface area contributed by atoms with Crippen molar-refractivity contribution in [2.75, 3.05) is 17.3 Å². The quantitative estimate of drug-likeness (QED) is 0.292. The van der Waals surface area contributed by atoms with Crippen molar-refractivity contribution in [1.29, 1.82) is 0 Å². The molecule has 1 aliphatic rings. The van der Waals surface area contributed by atoms with Gasteiger partial charge in [0.2, 0.25) is 11.8 Å². The predicted octanol–water partition coefficient (Wildman–Crippen LogP) is 5.38. The number of carbonyl (C=O) groups is 2. The average molecular weight is 480 g/mol. The number of hydrogen-bond donors (Lipinski definition) is 1. The zero-order valence-corrected chi connectivity index (χ0v) is 19.5. The van der Waals surface area contributed by atoms with E-state index in [0.29, 0.717) is 22.4 Å². The van der Waals surface area contributed by atoms with E-state index in [1.165, 1.54) is 16.7 Å². The van der Waals surface area contributed by atoms with E-state index in [1.807, 2.05) is 54.6 Å². The first-order chi connectivity index (χ1) is 16.0. The minimum absolute atomic E-state index is 0.101. The van der Waals surface area contributed by atoms with Crippen LogP contribution in [0.2, 0.25) is 5.02 Å². The Balaban J connectivity index is 1.53. The van der Waals surface area contributed by atoms with Crippen LogP contribution in [0.4, 0.5) is 11.4 Å². The molecule has 1 saturated heterocycles. The van der Waals surface area contributed by atoms with Gasteiger partial charge in [-0.3, -0.25) is 14.6 Å². The third-order valence-corrected chi connectivity index (χ3v) is 6.39. The second kappa shape index (κ2) is 10.6. The Morgan fingerprint density at radius 3 is 2.42 bits per heavy atom. The summed E-state index contributed by atoms with van der Waals surface area (Å²) in [6.07, 6.45) is 0.101. The Morgan fingerprint density at radius 1 is 1.06 bits per heavy atom. The van der Waals surface area contributed by atoms with Crippen molar-refractivity contribution in [1.82, 2.24) is 0 Å². The number of anilines is 2. The van der Waals surface area contributed by atoms with Crippen molar-refractivity contribution in [2.45, 2.75) is 18.2 Å². The first-order valence-corrected chi connectivity index (χ1v) is 11.6. The smallest absolute Gasteiger partial charge is 0.247 e. The summed E-state index contributed by atoms with van der Waals surface area (Å²) in [5, 5.41) is 3.83. The van der Waals surface area contributed by atoms with E-state index in [9.17, 15) is 9.59 Å². The molecule has 0 aromatic heterocycles. The molecule has 2 amide bonds. The van der Waals surface area contributed by atoms with E-state index in [0.717, 1.165) is 17.0 Å². The number of nitrogens with one attached hydrogen (secondary N) is 1. The first-order valence-electron chi connectivity index (χ1n) is 10.3. The SMILES string of the molecule is COc1ccc(CN=C(Nc2ccccc2)S[C@@H]2CC(=O)N(c3ccc(Cl)cc3)C2=O)cc1. The van der Waals surface area contributed by atoms with E-state index in [1.54, 1.807) is 31.4 Å². The number of amides is 2. The molecule has 1 heterocycles. The third kappa shape index (κ3) is 5.74. The van der Waals surface area contributed by atoms with Crippen molar-refractivity contribution >= 4 is 51.7 Å². The summed E-state index contributed by atoms with van der Waals surface area (Å²) in [5.41, 5.74) is 2.37. The number of halogens is 1. The molecular weight excluding hydrogens is 458 g/mol. The summed E-state index contributed by atoms with van der Waals surface area (Å²) in [6.45, 7) is 0.419. The molecule has 0 bridgehead atoms. The molecular formula is C25H22ClN3O3S. The molecule has 1 atom stereocenters. The molecule has 8 heteroatoms. The van der Waals surface area contributed by atoms with Crippen LogP contribution in [0.1, 0.15) is 12.0 Å². The van der Waals surface area contributed by atoms with Gasteiger partial charge in [-0.1, -0.05) is 53.7 Å². The summed E-state index contributed by atoms with van der Waals surface area (Å²) in [6, 6.07) is 23.9. The fourth-order valence-corrected chi connectivity index (χ4v) is 4.48. The molecule has 3 aromatic rings.